The summed E-state index contributed by atoms with van der Waals surface area (Å²) in [7, 11) is 0. The van der Waals surface area contributed by atoms with Gasteiger partial charge in [-0.1, -0.05) is 92.9 Å². The first-order valence-electron chi connectivity index (χ1n) is 13.6. The van der Waals surface area contributed by atoms with E-state index in [0.29, 0.717) is 6.61 Å². The maximum Gasteiger partial charge on any atom is 0.322 e. The molecule has 1 unspecified atom stereocenters. The Morgan fingerprint density at radius 2 is 1.61 bits per heavy atom. The van der Waals surface area contributed by atoms with Crippen LogP contribution in [0.4, 0.5) is 10.5 Å². The maximum absolute atomic E-state index is 13.5. The number of amides is 2. The number of ether oxygens (including phenoxy) is 1. The molecule has 0 fully saturated rings. The van der Waals surface area contributed by atoms with Crippen LogP contribution in [-0.2, 0) is 16.0 Å². The van der Waals surface area contributed by atoms with Crippen molar-refractivity contribution in [3.8, 4) is 0 Å². The minimum atomic E-state index is -0.215. The molecular weight excluding hydrogens is 492 g/mol. The molecule has 0 spiro atoms. The van der Waals surface area contributed by atoms with Crippen LogP contribution in [0.25, 0.3) is 0 Å². The predicted octanol–water partition coefficient (Wildman–Crippen LogP) is 8.51. The van der Waals surface area contributed by atoms with Crippen molar-refractivity contribution in [3.05, 3.63) is 90.0 Å². The summed E-state index contributed by atoms with van der Waals surface area (Å²) in [5.74, 6) is -0.215. The van der Waals surface area contributed by atoms with Gasteiger partial charge in [0, 0.05) is 22.0 Å². The fourth-order valence-corrected chi connectivity index (χ4v) is 5.17. The molecule has 0 aliphatic carbocycles. The minimum absolute atomic E-state index is 0.0203. The van der Waals surface area contributed by atoms with Crippen LogP contribution >= 0.6 is 11.8 Å². The Balaban J connectivity index is 1.65. The minimum Gasteiger partial charge on any atom is -0.466 e. The van der Waals surface area contributed by atoms with E-state index in [-0.39, 0.29) is 24.5 Å². The number of rotatable bonds is 14. The van der Waals surface area contributed by atoms with Crippen molar-refractivity contribution in [2.45, 2.75) is 75.1 Å². The first-order chi connectivity index (χ1) is 18.5. The summed E-state index contributed by atoms with van der Waals surface area (Å²) in [6.07, 6.45) is 6.04. The molecule has 1 N–H and O–H groups in total. The predicted molar refractivity (Wildman–Crippen MR) is 157 cm³/mol. The zero-order chi connectivity index (χ0) is 27.2. The van der Waals surface area contributed by atoms with Crippen LogP contribution in [-0.4, -0.2) is 30.1 Å². The first-order valence-corrected chi connectivity index (χ1v) is 14.5. The van der Waals surface area contributed by atoms with Gasteiger partial charge >= 0.3 is 12.0 Å². The molecule has 0 aliphatic heterocycles. The molecule has 5 nitrogen and oxygen atoms in total. The number of anilines is 1. The average Bonchev–Trinajstić information content (AvgIpc) is 2.92. The summed E-state index contributed by atoms with van der Waals surface area (Å²) < 4.78 is 5.03. The molecule has 3 aromatic carbocycles. The highest BCUT2D eigenvalue weighted by molar-refractivity contribution is 7.99. The number of carbonyl (C=O) groups is 2. The smallest absolute Gasteiger partial charge is 0.322 e. The van der Waals surface area contributed by atoms with Gasteiger partial charge in [0.15, 0.2) is 0 Å². The van der Waals surface area contributed by atoms with Gasteiger partial charge in [-0.15, -0.1) is 0 Å². The van der Waals surface area contributed by atoms with Crippen molar-refractivity contribution in [1.29, 1.82) is 0 Å². The molecule has 0 saturated carbocycles. The Kier molecular flexibility index (Phi) is 12.2. The van der Waals surface area contributed by atoms with Crippen molar-refractivity contribution in [1.82, 2.24) is 4.90 Å². The molecule has 202 valence electrons. The topological polar surface area (TPSA) is 58.6 Å². The van der Waals surface area contributed by atoms with Gasteiger partial charge in [-0.05, 0) is 61.7 Å². The molecule has 1 atom stereocenters. The summed E-state index contributed by atoms with van der Waals surface area (Å²) >= 11 is 1.62. The van der Waals surface area contributed by atoms with Crippen molar-refractivity contribution >= 4 is 29.4 Å². The number of nitrogens with zero attached hydrogens (tertiary/aromatic N) is 1. The standard InChI is InChI=1S/C32H40N2O3S/c1-4-6-7-8-12-22-34(25(3)27-14-10-9-11-15-27)32(36)33-28-16-13-17-30(24-28)38-29-20-18-26(19-21-29)23-31(35)37-5-2/h9-11,13-21,24-25H,4-8,12,22-23H2,1-3H3,(H,33,36). The van der Waals surface area contributed by atoms with E-state index in [0.717, 1.165) is 46.0 Å². The van der Waals surface area contributed by atoms with Crippen molar-refractivity contribution in [3.63, 3.8) is 0 Å². The average molecular weight is 533 g/mol. The van der Waals surface area contributed by atoms with Gasteiger partial charge in [0.1, 0.15) is 0 Å². The normalized spacial score (nSPS) is 11.6. The third-order valence-electron chi connectivity index (χ3n) is 6.41. The Hall–Kier alpha value is -3.25. The number of benzene rings is 3. The Morgan fingerprint density at radius 1 is 0.868 bits per heavy atom. The lowest BCUT2D eigenvalue weighted by Crippen LogP contribution is -2.37. The third kappa shape index (κ3) is 9.56. The molecule has 0 bridgehead atoms. The monoisotopic (exact) mass is 532 g/mol. The lowest BCUT2D eigenvalue weighted by molar-refractivity contribution is -0.142. The zero-order valence-electron chi connectivity index (χ0n) is 22.8. The number of nitrogens with one attached hydrogen (secondary N) is 1. The van der Waals surface area contributed by atoms with Gasteiger partial charge < -0.3 is 15.0 Å². The number of carbonyl (C=O) groups excluding carboxylic acids is 2. The molecule has 3 aromatic rings. The van der Waals surface area contributed by atoms with Crippen LogP contribution in [0.1, 0.15) is 70.0 Å². The van der Waals surface area contributed by atoms with Gasteiger partial charge in [-0.3, -0.25) is 4.79 Å². The molecule has 0 saturated heterocycles. The quantitative estimate of drug-likeness (QED) is 0.167. The molecule has 0 aliphatic rings. The Bertz CT molecular complexity index is 1130. The highest BCUT2D eigenvalue weighted by atomic mass is 32.2. The van der Waals surface area contributed by atoms with Gasteiger partial charge in [0.2, 0.25) is 0 Å². The van der Waals surface area contributed by atoms with Crippen LogP contribution in [0, 0.1) is 0 Å². The molecule has 0 heterocycles. The van der Waals surface area contributed by atoms with Crippen molar-refractivity contribution in [2.24, 2.45) is 0 Å². The molecule has 2 amide bonds. The van der Waals surface area contributed by atoms with Crippen LogP contribution in [0.15, 0.2) is 88.7 Å². The number of urea groups is 1. The number of hydrogen-bond acceptors (Lipinski definition) is 4. The first kappa shape index (κ1) is 29.3. The number of unbranched alkanes of at least 4 members (excludes halogenated alkanes) is 4. The summed E-state index contributed by atoms with van der Waals surface area (Å²) in [6.45, 7) is 7.23. The molecule has 0 aromatic heterocycles. The Morgan fingerprint density at radius 3 is 2.32 bits per heavy atom. The molecule has 6 heteroatoms. The lowest BCUT2D eigenvalue weighted by Gasteiger charge is -2.30. The summed E-state index contributed by atoms with van der Waals surface area (Å²) in [5, 5.41) is 3.14. The zero-order valence-corrected chi connectivity index (χ0v) is 23.6. The van der Waals surface area contributed by atoms with Gasteiger partial charge in [-0.2, -0.15) is 0 Å². The van der Waals surface area contributed by atoms with Crippen molar-refractivity contribution < 1.29 is 14.3 Å². The summed E-state index contributed by atoms with van der Waals surface area (Å²) in [5.41, 5.74) is 2.83. The number of esters is 1. The van der Waals surface area contributed by atoms with Crippen molar-refractivity contribution in [2.75, 3.05) is 18.5 Å². The second kappa shape index (κ2) is 15.9. The fourth-order valence-electron chi connectivity index (χ4n) is 4.29. The lowest BCUT2D eigenvalue weighted by atomic mass is 10.1. The van der Waals surface area contributed by atoms with E-state index in [1.54, 1.807) is 11.8 Å². The Labute approximate surface area is 232 Å². The second-order valence-corrected chi connectivity index (χ2v) is 10.5. The second-order valence-electron chi connectivity index (χ2n) is 9.38. The molecule has 3 rings (SSSR count). The largest absolute Gasteiger partial charge is 0.466 e. The van der Waals surface area contributed by atoms with Gasteiger partial charge in [-0.25, -0.2) is 4.79 Å². The fraction of sp³-hybridized carbons (Fsp3) is 0.375. The van der Waals surface area contributed by atoms with E-state index < -0.39 is 0 Å². The highest BCUT2D eigenvalue weighted by Gasteiger charge is 2.21. The third-order valence-corrected chi connectivity index (χ3v) is 7.41. The summed E-state index contributed by atoms with van der Waals surface area (Å²) in [4.78, 5) is 29.2. The van der Waals surface area contributed by atoms with Crippen LogP contribution in [0.2, 0.25) is 0 Å². The molecule has 38 heavy (non-hydrogen) atoms. The van der Waals surface area contributed by atoms with E-state index >= 15 is 0 Å². The van der Waals surface area contributed by atoms with E-state index in [2.05, 4.69) is 31.3 Å². The van der Waals surface area contributed by atoms with Gasteiger partial charge in [0.25, 0.3) is 0 Å². The molecule has 0 radical (unpaired) electrons. The van der Waals surface area contributed by atoms with E-state index in [1.165, 1.54) is 19.3 Å². The van der Waals surface area contributed by atoms with Gasteiger partial charge in [0.05, 0.1) is 19.1 Å². The van der Waals surface area contributed by atoms with E-state index in [9.17, 15) is 9.59 Å². The molecular formula is C32H40N2O3S. The van der Waals surface area contributed by atoms with Crippen LogP contribution < -0.4 is 5.32 Å². The summed E-state index contributed by atoms with van der Waals surface area (Å²) in [6, 6.07) is 25.9. The highest BCUT2D eigenvalue weighted by Crippen LogP contribution is 2.30. The van der Waals surface area contributed by atoms with E-state index in [1.807, 2.05) is 78.6 Å². The SMILES string of the molecule is CCCCCCCN(C(=O)Nc1cccc(Sc2ccc(CC(=O)OCC)cc2)c1)C(C)c1ccccc1. The van der Waals surface area contributed by atoms with E-state index in [4.69, 9.17) is 4.74 Å². The number of hydrogen-bond donors (Lipinski definition) is 1. The maximum atomic E-state index is 13.5. The van der Waals surface area contributed by atoms with Crippen LogP contribution in [0.3, 0.4) is 0 Å². The van der Waals surface area contributed by atoms with Crippen LogP contribution in [0.5, 0.6) is 0 Å².